The van der Waals surface area contributed by atoms with Crippen LogP contribution in [0, 0.1) is 6.92 Å². The predicted molar refractivity (Wildman–Crippen MR) is 152 cm³/mol. The van der Waals surface area contributed by atoms with Gasteiger partial charge in [0, 0.05) is 17.2 Å². The summed E-state index contributed by atoms with van der Waals surface area (Å²) in [6.07, 6.45) is 1.46. The monoisotopic (exact) mass is 547 g/mol. The Morgan fingerprint density at radius 1 is 1.03 bits per heavy atom. The molecular weight excluding hydrogens is 506 g/mol. The summed E-state index contributed by atoms with van der Waals surface area (Å²) < 4.78 is 16.4. The number of hydrogen-bond acceptors (Lipinski definition) is 6. The topological polar surface area (TPSA) is 94.1 Å². The van der Waals surface area contributed by atoms with Crippen LogP contribution in [0.5, 0.6) is 17.2 Å². The Balaban J connectivity index is 2.39. The fourth-order valence-electron chi connectivity index (χ4n) is 3.82. The molecule has 2 aromatic rings. The number of halogens is 1. The van der Waals surface area contributed by atoms with E-state index in [9.17, 15) is 14.7 Å². The molecule has 0 aliphatic rings. The highest BCUT2D eigenvalue weighted by Gasteiger charge is 2.29. The van der Waals surface area contributed by atoms with Crippen molar-refractivity contribution in [3.8, 4) is 17.2 Å². The number of carbonyl (C=O) groups excluding carboxylic acids is 2. The number of nitrogens with one attached hydrogen (secondary N) is 1. The lowest BCUT2D eigenvalue weighted by molar-refractivity contribution is -0.142. The quantitative estimate of drug-likeness (QED) is 0.218. The van der Waals surface area contributed by atoms with E-state index in [2.05, 4.69) is 63.7 Å². The van der Waals surface area contributed by atoms with Gasteiger partial charge in [-0.15, -0.1) is 0 Å². The maximum absolute atomic E-state index is 13.3. The Morgan fingerprint density at radius 2 is 1.66 bits per heavy atom. The SMILES string of the molecule is CCC(Oc1ccc(C(C)(C)CC)cc1C(C)(C)CC)C(=O)Nc1cc(OCC(=O)OC)c(C)c(Cl)c1O. The molecule has 0 heterocycles. The zero-order valence-corrected chi connectivity index (χ0v) is 24.8. The molecule has 210 valence electrons. The average molecular weight is 548 g/mol. The molecule has 1 atom stereocenters. The summed E-state index contributed by atoms with van der Waals surface area (Å²) in [6.45, 7) is 16.2. The van der Waals surface area contributed by atoms with Crippen LogP contribution in [-0.2, 0) is 25.2 Å². The number of esters is 1. The molecule has 0 radical (unpaired) electrons. The van der Waals surface area contributed by atoms with Crippen molar-refractivity contribution < 1.29 is 28.9 Å². The minimum atomic E-state index is -0.828. The van der Waals surface area contributed by atoms with Crippen molar-refractivity contribution in [2.24, 2.45) is 0 Å². The molecule has 2 aromatic carbocycles. The number of benzene rings is 2. The summed E-state index contributed by atoms with van der Waals surface area (Å²) in [4.78, 5) is 24.8. The average Bonchev–Trinajstić information content (AvgIpc) is 2.90. The molecule has 0 saturated heterocycles. The smallest absolute Gasteiger partial charge is 0.343 e. The molecule has 0 aromatic heterocycles. The van der Waals surface area contributed by atoms with Crippen molar-refractivity contribution in [3.63, 3.8) is 0 Å². The number of carbonyl (C=O) groups is 2. The first-order chi connectivity index (χ1) is 17.7. The highest BCUT2D eigenvalue weighted by atomic mass is 35.5. The van der Waals surface area contributed by atoms with Crippen LogP contribution in [0.2, 0.25) is 5.02 Å². The van der Waals surface area contributed by atoms with E-state index in [1.165, 1.54) is 18.7 Å². The molecule has 0 bridgehead atoms. The molecule has 1 amide bonds. The van der Waals surface area contributed by atoms with Crippen molar-refractivity contribution in [2.45, 2.75) is 91.6 Å². The molecule has 0 aliphatic heterocycles. The second-order valence-corrected chi connectivity index (χ2v) is 11.1. The number of hydrogen-bond donors (Lipinski definition) is 2. The number of phenolic OH excluding ortho intramolecular Hbond substituents is 1. The first kappa shape index (κ1) is 31.3. The third-order valence-corrected chi connectivity index (χ3v) is 7.92. The second-order valence-electron chi connectivity index (χ2n) is 10.8. The fraction of sp³-hybridized carbons (Fsp3) is 0.533. The van der Waals surface area contributed by atoms with Crippen LogP contribution >= 0.6 is 11.6 Å². The van der Waals surface area contributed by atoms with E-state index in [0.29, 0.717) is 17.7 Å². The highest BCUT2D eigenvalue weighted by Crippen LogP contribution is 2.41. The lowest BCUT2D eigenvalue weighted by atomic mass is 9.76. The van der Waals surface area contributed by atoms with Gasteiger partial charge in [-0.05, 0) is 48.6 Å². The first-order valence-corrected chi connectivity index (χ1v) is 13.4. The number of ether oxygens (including phenoxy) is 3. The number of anilines is 1. The highest BCUT2D eigenvalue weighted by molar-refractivity contribution is 6.33. The van der Waals surface area contributed by atoms with Crippen LogP contribution in [0.3, 0.4) is 0 Å². The molecule has 8 heteroatoms. The lowest BCUT2D eigenvalue weighted by Crippen LogP contribution is -2.33. The number of aromatic hydroxyl groups is 1. The van der Waals surface area contributed by atoms with Crippen molar-refractivity contribution in [3.05, 3.63) is 46.0 Å². The van der Waals surface area contributed by atoms with Crippen molar-refractivity contribution in [2.75, 3.05) is 19.0 Å². The van der Waals surface area contributed by atoms with E-state index in [0.717, 1.165) is 18.4 Å². The Morgan fingerprint density at radius 3 is 2.21 bits per heavy atom. The third kappa shape index (κ3) is 7.13. The minimum Gasteiger partial charge on any atom is -0.504 e. The van der Waals surface area contributed by atoms with E-state index in [1.807, 2.05) is 13.0 Å². The Kier molecular flexibility index (Phi) is 10.5. The van der Waals surface area contributed by atoms with E-state index in [-0.39, 0.29) is 39.6 Å². The molecule has 0 fully saturated rings. The summed E-state index contributed by atoms with van der Waals surface area (Å²) in [5.74, 6) is -0.416. The van der Waals surface area contributed by atoms with E-state index >= 15 is 0 Å². The predicted octanol–water partition coefficient (Wildman–Crippen LogP) is 7.08. The zero-order valence-electron chi connectivity index (χ0n) is 24.1. The number of amides is 1. The van der Waals surface area contributed by atoms with Gasteiger partial charge in [-0.25, -0.2) is 4.79 Å². The van der Waals surface area contributed by atoms with Crippen LogP contribution in [0.25, 0.3) is 0 Å². The molecule has 0 aliphatic carbocycles. The lowest BCUT2D eigenvalue weighted by Gasteiger charge is -2.31. The summed E-state index contributed by atoms with van der Waals surface area (Å²) in [5.41, 5.74) is 2.59. The van der Waals surface area contributed by atoms with Gasteiger partial charge in [-0.1, -0.05) is 72.2 Å². The van der Waals surface area contributed by atoms with E-state index in [1.54, 1.807) is 6.92 Å². The number of rotatable bonds is 12. The minimum absolute atomic E-state index is 0.00845. The van der Waals surface area contributed by atoms with Gasteiger partial charge < -0.3 is 24.6 Å². The van der Waals surface area contributed by atoms with Crippen molar-refractivity contribution >= 4 is 29.2 Å². The van der Waals surface area contributed by atoms with Crippen LogP contribution in [0.4, 0.5) is 5.69 Å². The van der Waals surface area contributed by atoms with Gasteiger partial charge in [-0.2, -0.15) is 0 Å². The number of phenols is 1. The van der Waals surface area contributed by atoms with Crippen LogP contribution in [-0.4, -0.2) is 36.8 Å². The summed E-state index contributed by atoms with van der Waals surface area (Å²) >= 11 is 6.29. The maximum Gasteiger partial charge on any atom is 0.343 e. The molecular formula is C30H42ClNO6. The van der Waals surface area contributed by atoms with Gasteiger partial charge in [0.25, 0.3) is 5.91 Å². The maximum atomic E-state index is 13.3. The molecule has 1 unspecified atom stereocenters. The van der Waals surface area contributed by atoms with E-state index in [4.69, 9.17) is 21.1 Å². The molecule has 38 heavy (non-hydrogen) atoms. The normalized spacial score (nSPS) is 12.6. The fourth-order valence-corrected chi connectivity index (χ4v) is 4.01. The summed E-state index contributed by atoms with van der Waals surface area (Å²) in [5, 5.41) is 13.3. The van der Waals surface area contributed by atoms with Crippen LogP contribution in [0.1, 0.15) is 84.4 Å². The molecule has 7 nitrogen and oxygen atoms in total. The van der Waals surface area contributed by atoms with E-state index < -0.39 is 18.0 Å². The van der Waals surface area contributed by atoms with Crippen LogP contribution in [0.15, 0.2) is 24.3 Å². The largest absolute Gasteiger partial charge is 0.504 e. The zero-order chi connectivity index (χ0) is 28.8. The molecule has 2 rings (SSSR count). The van der Waals surface area contributed by atoms with Gasteiger partial charge in [0.15, 0.2) is 18.5 Å². The Bertz CT molecular complexity index is 1160. The first-order valence-electron chi connectivity index (χ1n) is 13.1. The van der Waals surface area contributed by atoms with Gasteiger partial charge in [0.1, 0.15) is 11.5 Å². The second kappa shape index (κ2) is 12.7. The standard InChI is InChI=1S/C30H42ClNO6/c1-10-22(38-23-14-13-19(29(5,6)11-2)15-20(23)30(7,8)12-3)28(35)32-21-16-24(37-17-25(33)36-9)18(4)26(31)27(21)34/h13-16,22,34H,10-12,17H2,1-9H3,(H,32,35). The molecule has 2 N–H and O–H groups in total. The summed E-state index contributed by atoms with van der Waals surface area (Å²) in [7, 11) is 1.25. The van der Waals surface area contributed by atoms with Gasteiger partial charge in [0.05, 0.1) is 17.8 Å². The summed E-state index contributed by atoms with van der Waals surface area (Å²) in [6, 6.07) is 7.64. The van der Waals surface area contributed by atoms with Crippen molar-refractivity contribution in [1.82, 2.24) is 0 Å². The number of methoxy groups -OCH3 is 1. The van der Waals surface area contributed by atoms with Gasteiger partial charge >= 0.3 is 5.97 Å². The Hall–Kier alpha value is -2.93. The molecule has 0 saturated carbocycles. The van der Waals surface area contributed by atoms with Gasteiger partial charge in [-0.3, -0.25) is 4.79 Å². The Labute approximate surface area is 231 Å². The van der Waals surface area contributed by atoms with Crippen LogP contribution < -0.4 is 14.8 Å². The van der Waals surface area contributed by atoms with Gasteiger partial charge in [0.2, 0.25) is 0 Å². The molecule has 0 spiro atoms. The third-order valence-electron chi connectivity index (χ3n) is 7.46. The van der Waals surface area contributed by atoms with Crippen molar-refractivity contribution in [1.29, 1.82) is 0 Å².